The van der Waals surface area contributed by atoms with Gasteiger partial charge in [0.25, 0.3) is 5.91 Å². The van der Waals surface area contributed by atoms with Gasteiger partial charge in [0.05, 0.1) is 5.56 Å². The standard InChI is InChI=1S/C17H21NO4/c1-4-12-5-6-15-13(7-12)14(10-22-15)17(21)18(8-11(2)3)9-16(19)20/h5-7,10-11H,4,8-9H2,1-3H3,(H,19,20). The number of fused-ring (bicyclic) bond motifs is 1. The Labute approximate surface area is 129 Å². The number of hydrogen-bond acceptors (Lipinski definition) is 3. The fraction of sp³-hybridized carbons (Fsp3) is 0.412. The number of rotatable bonds is 6. The molecule has 0 aliphatic rings. The van der Waals surface area contributed by atoms with Gasteiger partial charge in [-0.05, 0) is 30.0 Å². The highest BCUT2D eigenvalue weighted by Gasteiger charge is 2.23. The second-order valence-electron chi connectivity index (χ2n) is 5.81. The van der Waals surface area contributed by atoms with Crippen LogP contribution in [0.25, 0.3) is 11.0 Å². The summed E-state index contributed by atoms with van der Waals surface area (Å²) in [6.07, 6.45) is 2.28. The molecule has 0 aliphatic carbocycles. The average molecular weight is 303 g/mol. The van der Waals surface area contributed by atoms with Gasteiger partial charge >= 0.3 is 5.97 Å². The topological polar surface area (TPSA) is 70.8 Å². The van der Waals surface area contributed by atoms with Gasteiger partial charge in [0.2, 0.25) is 0 Å². The average Bonchev–Trinajstić information content (AvgIpc) is 2.87. The van der Waals surface area contributed by atoms with Gasteiger partial charge < -0.3 is 14.4 Å². The van der Waals surface area contributed by atoms with Crippen LogP contribution in [0, 0.1) is 5.92 Å². The molecular weight excluding hydrogens is 282 g/mol. The molecule has 0 fully saturated rings. The Morgan fingerprint density at radius 1 is 1.32 bits per heavy atom. The van der Waals surface area contributed by atoms with E-state index in [1.165, 1.54) is 11.2 Å². The normalized spacial score (nSPS) is 11.1. The quantitative estimate of drug-likeness (QED) is 0.889. The van der Waals surface area contributed by atoms with E-state index in [1.807, 2.05) is 39.0 Å². The van der Waals surface area contributed by atoms with Crippen LogP contribution in [0.3, 0.4) is 0 Å². The molecule has 118 valence electrons. The number of furan rings is 1. The minimum Gasteiger partial charge on any atom is -0.480 e. The van der Waals surface area contributed by atoms with E-state index >= 15 is 0 Å². The van der Waals surface area contributed by atoms with E-state index in [0.29, 0.717) is 17.7 Å². The van der Waals surface area contributed by atoms with E-state index in [0.717, 1.165) is 17.4 Å². The summed E-state index contributed by atoms with van der Waals surface area (Å²) in [7, 11) is 0. The van der Waals surface area contributed by atoms with Crippen LogP contribution in [-0.4, -0.2) is 35.0 Å². The number of hydrogen-bond donors (Lipinski definition) is 1. The fourth-order valence-corrected chi connectivity index (χ4v) is 2.46. The maximum Gasteiger partial charge on any atom is 0.323 e. The van der Waals surface area contributed by atoms with Crippen molar-refractivity contribution in [1.29, 1.82) is 0 Å². The zero-order valence-electron chi connectivity index (χ0n) is 13.1. The number of carbonyl (C=O) groups excluding carboxylic acids is 1. The number of benzene rings is 1. The predicted octanol–water partition coefficient (Wildman–Crippen LogP) is 3.18. The Hall–Kier alpha value is -2.30. The number of aryl methyl sites for hydroxylation is 1. The SMILES string of the molecule is CCc1ccc2occ(C(=O)N(CC(=O)O)CC(C)C)c2c1. The van der Waals surface area contributed by atoms with Gasteiger partial charge in [-0.25, -0.2) is 0 Å². The van der Waals surface area contributed by atoms with Crippen molar-refractivity contribution in [2.75, 3.05) is 13.1 Å². The molecule has 1 aromatic carbocycles. The smallest absolute Gasteiger partial charge is 0.323 e. The third-order valence-corrected chi connectivity index (χ3v) is 3.48. The van der Waals surface area contributed by atoms with Crippen LogP contribution < -0.4 is 0 Å². The maximum atomic E-state index is 12.7. The first-order valence-electron chi connectivity index (χ1n) is 7.43. The molecule has 0 bridgehead atoms. The molecule has 5 nitrogen and oxygen atoms in total. The van der Waals surface area contributed by atoms with Crippen molar-refractivity contribution in [2.45, 2.75) is 27.2 Å². The molecular formula is C17H21NO4. The van der Waals surface area contributed by atoms with E-state index in [4.69, 9.17) is 9.52 Å². The van der Waals surface area contributed by atoms with E-state index in [-0.39, 0.29) is 18.4 Å². The van der Waals surface area contributed by atoms with E-state index in [9.17, 15) is 9.59 Å². The van der Waals surface area contributed by atoms with Crippen LogP contribution in [0.1, 0.15) is 36.7 Å². The summed E-state index contributed by atoms with van der Waals surface area (Å²) >= 11 is 0. The summed E-state index contributed by atoms with van der Waals surface area (Å²) in [5.41, 5.74) is 2.17. The molecule has 0 saturated carbocycles. The van der Waals surface area contributed by atoms with E-state index < -0.39 is 5.97 Å². The van der Waals surface area contributed by atoms with Crippen molar-refractivity contribution < 1.29 is 19.1 Å². The lowest BCUT2D eigenvalue weighted by molar-refractivity contribution is -0.137. The molecule has 0 radical (unpaired) electrons. The number of nitrogens with zero attached hydrogens (tertiary/aromatic N) is 1. The molecule has 2 rings (SSSR count). The maximum absolute atomic E-state index is 12.7. The van der Waals surface area contributed by atoms with Crippen LogP contribution in [0.2, 0.25) is 0 Å². The monoisotopic (exact) mass is 303 g/mol. The van der Waals surface area contributed by atoms with Gasteiger partial charge in [0, 0.05) is 11.9 Å². The van der Waals surface area contributed by atoms with Crippen LogP contribution in [0.4, 0.5) is 0 Å². The summed E-state index contributed by atoms with van der Waals surface area (Å²) in [4.78, 5) is 25.1. The Bertz CT molecular complexity index is 687. The van der Waals surface area contributed by atoms with Gasteiger partial charge in [-0.1, -0.05) is 26.8 Å². The van der Waals surface area contributed by atoms with Crippen molar-refractivity contribution in [1.82, 2.24) is 4.90 Å². The Balaban J connectivity index is 2.39. The molecule has 2 aromatic rings. The highest BCUT2D eigenvalue weighted by atomic mass is 16.4. The molecule has 0 spiro atoms. The number of carboxylic acid groups (broad SMARTS) is 1. The number of carbonyl (C=O) groups is 2. The molecule has 1 amide bonds. The van der Waals surface area contributed by atoms with Gasteiger partial charge in [0.1, 0.15) is 18.4 Å². The molecule has 22 heavy (non-hydrogen) atoms. The molecule has 1 heterocycles. The third kappa shape index (κ3) is 3.47. The number of aliphatic carboxylic acids is 1. The third-order valence-electron chi connectivity index (χ3n) is 3.48. The number of carboxylic acids is 1. The first kappa shape index (κ1) is 16.1. The van der Waals surface area contributed by atoms with Crippen LogP contribution in [0.15, 0.2) is 28.9 Å². The Morgan fingerprint density at radius 3 is 2.64 bits per heavy atom. The van der Waals surface area contributed by atoms with Crippen molar-refractivity contribution in [2.24, 2.45) is 5.92 Å². The first-order valence-corrected chi connectivity index (χ1v) is 7.43. The lowest BCUT2D eigenvalue weighted by Gasteiger charge is -2.22. The molecule has 0 saturated heterocycles. The Kier molecular flexibility index (Phi) is 4.85. The molecule has 0 unspecified atom stereocenters. The molecule has 5 heteroatoms. The fourth-order valence-electron chi connectivity index (χ4n) is 2.46. The Morgan fingerprint density at radius 2 is 2.05 bits per heavy atom. The second kappa shape index (κ2) is 6.64. The number of amides is 1. The lowest BCUT2D eigenvalue weighted by atomic mass is 10.1. The van der Waals surface area contributed by atoms with Gasteiger partial charge in [-0.3, -0.25) is 9.59 Å². The molecule has 1 N–H and O–H groups in total. The second-order valence-corrected chi connectivity index (χ2v) is 5.81. The highest BCUT2D eigenvalue weighted by Crippen LogP contribution is 2.24. The molecule has 0 aliphatic heterocycles. The molecule has 1 aromatic heterocycles. The van der Waals surface area contributed by atoms with Crippen molar-refractivity contribution in [3.05, 3.63) is 35.6 Å². The minimum atomic E-state index is -1.02. The lowest BCUT2D eigenvalue weighted by Crippen LogP contribution is -2.38. The highest BCUT2D eigenvalue weighted by molar-refractivity contribution is 6.06. The largest absolute Gasteiger partial charge is 0.480 e. The van der Waals surface area contributed by atoms with E-state index in [2.05, 4.69) is 0 Å². The van der Waals surface area contributed by atoms with Crippen molar-refractivity contribution in [3.8, 4) is 0 Å². The summed E-state index contributed by atoms with van der Waals surface area (Å²) in [6, 6.07) is 5.73. The van der Waals surface area contributed by atoms with Gasteiger partial charge in [-0.2, -0.15) is 0 Å². The van der Waals surface area contributed by atoms with Crippen LogP contribution >= 0.6 is 0 Å². The van der Waals surface area contributed by atoms with Gasteiger partial charge in [-0.15, -0.1) is 0 Å². The minimum absolute atomic E-state index is 0.188. The zero-order chi connectivity index (χ0) is 16.3. The van der Waals surface area contributed by atoms with Crippen LogP contribution in [-0.2, 0) is 11.2 Å². The van der Waals surface area contributed by atoms with Gasteiger partial charge in [0.15, 0.2) is 0 Å². The van der Waals surface area contributed by atoms with Crippen molar-refractivity contribution in [3.63, 3.8) is 0 Å². The van der Waals surface area contributed by atoms with E-state index in [1.54, 1.807) is 0 Å². The first-order chi connectivity index (χ1) is 10.4. The van der Waals surface area contributed by atoms with Crippen molar-refractivity contribution >= 4 is 22.8 Å². The van der Waals surface area contributed by atoms with Crippen LogP contribution in [0.5, 0.6) is 0 Å². The summed E-state index contributed by atoms with van der Waals surface area (Å²) < 4.78 is 5.43. The predicted molar refractivity (Wildman–Crippen MR) is 84.0 cm³/mol. The summed E-state index contributed by atoms with van der Waals surface area (Å²) in [6.45, 7) is 6.02. The summed E-state index contributed by atoms with van der Waals surface area (Å²) in [5, 5.41) is 9.76. The molecule has 0 atom stereocenters. The summed E-state index contributed by atoms with van der Waals surface area (Å²) in [5.74, 6) is -1.13. The zero-order valence-corrected chi connectivity index (χ0v) is 13.1.